The van der Waals surface area contributed by atoms with Crippen LogP contribution in [0.3, 0.4) is 0 Å². The van der Waals surface area contributed by atoms with Crippen LogP contribution in [-0.2, 0) is 4.79 Å². The number of carbonyl (C=O) groups excluding carboxylic acids is 1. The second-order valence-electron chi connectivity index (χ2n) is 3.70. The molecule has 4 nitrogen and oxygen atoms in total. The van der Waals surface area contributed by atoms with Crippen LogP contribution in [0.5, 0.6) is 0 Å². The van der Waals surface area contributed by atoms with E-state index in [0.717, 1.165) is 14.9 Å². The summed E-state index contributed by atoms with van der Waals surface area (Å²) in [5.41, 5.74) is 2.52. The van der Waals surface area contributed by atoms with E-state index in [0.29, 0.717) is 0 Å². The fraction of sp³-hybridized carbons (Fsp3) is 0.250. The summed E-state index contributed by atoms with van der Waals surface area (Å²) in [7, 11) is 0. The van der Waals surface area contributed by atoms with Crippen LogP contribution in [0.4, 0.5) is 5.69 Å². The van der Waals surface area contributed by atoms with Crippen LogP contribution in [0, 0.1) is 0 Å². The van der Waals surface area contributed by atoms with Crippen LogP contribution in [0.2, 0.25) is 0 Å². The van der Waals surface area contributed by atoms with E-state index < -0.39 is 0 Å². The van der Waals surface area contributed by atoms with E-state index in [4.69, 9.17) is 0 Å². The number of carbonyl (C=O) groups is 1. The third-order valence-electron chi connectivity index (χ3n) is 2.39. The van der Waals surface area contributed by atoms with Crippen LogP contribution < -0.4 is 5.32 Å². The molecule has 0 aliphatic carbocycles. The number of nitrogens with zero attached hydrogens (tertiary/aromatic N) is 2. The van der Waals surface area contributed by atoms with Crippen molar-refractivity contribution in [2.24, 2.45) is 0 Å². The van der Waals surface area contributed by atoms with Gasteiger partial charge in [-0.25, -0.2) is 0 Å². The smallest absolute Gasteiger partial charge is 0.237 e. The Hall–Kier alpha value is -1.05. The number of anilines is 1. The molecular weight excluding hydrogens is 298 g/mol. The lowest BCUT2D eigenvalue weighted by Gasteiger charge is -2.09. The summed E-state index contributed by atoms with van der Waals surface area (Å²) >= 11 is 4.60. The van der Waals surface area contributed by atoms with Crippen molar-refractivity contribution in [3.63, 3.8) is 0 Å². The van der Waals surface area contributed by atoms with Gasteiger partial charge in [0.05, 0.1) is 5.25 Å². The van der Waals surface area contributed by atoms with Crippen molar-refractivity contribution in [3.05, 3.63) is 29.8 Å². The number of benzene rings is 1. The van der Waals surface area contributed by atoms with Crippen LogP contribution in [0.15, 0.2) is 39.0 Å². The second-order valence-corrected chi connectivity index (χ2v) is 7.03. The average molecular weight is 311 g/mol. The normalized spacial score (nSPS) is 12.1. The molecule has 2 aromatic rings. The SMILES string of the molecule is CS[C@H](C)C(=O)Nc1ccc(Sc2nncs2)cc1. The van der Waals surface area contributed by atoms with Gasteiger partial charge in [0.2, 0.25) is 5.91 Å². The van der Waals surface area contributed by atoms with Crippen molar-refractivity contribution >= 4 is 46.5 Å². The lowest BCUT2D eigenvalue weighted by molar-refractivity contribution is -0.115. The third-order valence-corrected chi connectivity index (χ3v) is 5.10. The Morgan fingerprint density at radius 1 is 1.37 bits per heavy atom. The summed E-state index contributed by atoms with van der Waals surface area (Å²) in [4.78, 5) is 12.8. The Bertz CT molecular complexity index is 528. The van der Waals surface area contributed by atoms with Crippen LogP contribution in [0.25, 0.3) is 0 Å². The van der Waals surface area contributed by atoms with Gasteiger partial charge >= 0.3 is 0 Å². The predicted octanol–water partition coefficient (Wildman–Crippen LogP) is 3.38. The molecule has 0 spiro atoms. The molecule has 0 aliphatic heterocycles. The van der Waals surface area contributed by atoms with Crippen molar-refractivity contribution in [3.8, 4) is 0 Å². The maximum absolute atomic E-state index is 11.7. The van der Waals surface area contributed by atoms with Gasteiger partial charge in [0, 0.05) is 10.6 Å². The number of aromatic nitrogens is 2. The maximum atomic E-state index is 11.7. The molecule has 1 aromatic heterocycles. The van der Waals surface area contributed by atoms with Crippen LogP contribution >= 0.6 is 34.9 Å². The molecule has 0 saturated carbocycles. The average Bonchev–Trinajstić information content (AvgIpc) is 2.93. The molecule has 2 rings (SSSR count). The Kier molecular flexibility index (Phi) is 5.24. The molecule has 1 aromatic carbocycles. The Morgan fingerprint density at radius 3 is 2.68 bits per heavy atom. The number of hydrogen-bond donors (Lipinski definition) is 1. The van der Waals surface area contributed by atoms with Gasteiger partial charge in [-0.3, -0.25) is 4.79 Å². The van der Waals surface area contributed by atoms with Gasteiger partial charge in [0.15, 0.2) is 4.34 Å². The van der Waals surface area contributed by atoms with E-state index >= 15 is 0 Å². The highest BCUT2D eigenvalue weighted by Crippen LogP contribution is 2.29. The number of amides is 1. The molecule has 19 heavy (non-hydrogen) atoms. The number of hydrogen-bond acceptors (Lipinski definition) is 6. The molecule has 0 radical (unpaired) electrons. The van der Waals surface area contributed by atoms with Crippen molar-refractivity contribution in [1.82, 2.24) is 10.2 Å². The van der Waals surface area contributed by atoms with Crippen molar-refractivity contribution in [2.45, 2.75) is 21.4 Å². The summed E-state index contributed by atoms with van der Waals surface area (Å²) in [6.07, 6.45) is 1.92. The summed E-state index contributed by atoms with van der Waals surface area (Å²) in [6, 6.07) is 7.72. The number of nitrogens with one attached hydrogen (secondary N) is 1. The quantitative estimate of drug-likeness (QED) is 0.917. The zero-order valence-corrected chi connectivity index (χ0v) is 12.9. The molecule has 0 saturated heterocycles. The predicted molar refractivity (Wildman–Crippen MR) is 82.1 cm³/mol. The first-order valence-electron chi connectivity index (χ1n) is 5.57. The van der Waals surface area contributed by atoms with E-state index in [2.05, 4.69) is 15.5 Å². The monoisotopic (exact) mass is 311 g/mol. The Balaban J connectivity index is 1.96. The summed E-state index contributed by atoms with van der Waals surface area (Å²) in [5.74, 6) is 0.0250. The molecule has 7 heteroatoms. The van der Waals surface area contributed by atoms with Gasteiger partial charge < -0.3 is 5.32 Å². The largest absolute Gasteiger partial charge is 0.325 e. The lowest BCUT2D eigenvalue weighted by Crippen LogP contribution is -2.21. The fourth-order valence-corrected chi connectivity index (χ4v) is 2.99. The molecule has 0 fully saturated rings. The summed E-state index contributed by atoms with van der Waals surface area (Å²) in [6.45, 7) is 1.89. The topological polar surface area (TPSA) is 54.9 Å². The first-order chi connectivity index (χ1) is 9.19. The zero-order valence-electron chi connectivity index (χ0n) is 10.5. The first-order valence-corrected chi connectivity index (χ1v) is 8.55. The molecule has 1 N–H and O–H groups in total. The van der Waals surface area contributed by atoms with Gasteiger partial charge in [-0.1, -0.05) is 23.1 Å². The third kappa shape index (κ3) is 4.22. The van der Waals surface area contributed by atoms with Gasteiger partial charge in [-0.05, 0) is 37.4 Å². The van der Waals surface area contributed by atoms with Crippen LogP contribution in [-0.4, -0.2) is 27.6 Å². The standard InChI is InChI=1S/C12H13N3OS3/c1-8(17-2)11(16)14-9-3-5-10(6-4-9)19-12-15-13-7-18-12/h3-8H,1-2H3,(H,14,16)/t8-/m1/s1. The molecule has 0 unspecified atom stereocenters. The van der Waals surface area contributed by atoms with Crippen LogP contribution in [0.1, 0.15) is 6.92 Å². The lowest BCUT2D eigenvalue weighted by atomic mass is 10.3. The Labute approximate surface area is 124 Å². The van der Waals surface area contributed by atoms with Crippen molar-refractivity contribution in [1.29, 1.82) is 0 Å². The van der Waals surface area contributed by atoms with Gasteiger partial charge in [-0.15, -0.1) is 10.2 Å². The summed E-state index contributed by atoms with van der Waals surface area (Å²) < 4.78 is 0.910. The minimum absolute atomic E-state index is 0.0250. The molecule has 1 amide bonds. The summed E-state index contributed by atoms with van der Waals surface area (Å²) in [5, 5.41) is 10.6. The van der Waals surface area contributed by atoms with E-state index in [1.807, 2.05) is 37.4 Å². The minimum Gasteiger partial charge on any atom is -0.325 e. The van der Waals surface area contributed by atoms with Gasteiger partial charge in [0.1, 0.15) is 5.51 Å². The van der Waals surface area contributed by atoms with E-state index in [9.17, 15) is 4.79 Å². The highest BCUT2D eigenvalue weighted by molar-refractivity contribution is 8.01. The zero-order chi connectivity index (χ0) is 13.7. The molecule has 1 atom stereocenters. The van der Waals surface area contributed by atoms with E-state index in [-0.39, 0.29) is 11.2 Å². The first kappa shape index (κ1) is 14.4. The molecule has 100 valence electrons. The van der Waals surface area contributed by atoms with Crippen molar-refractivity contribution < 1.29 is 4.79 Å². The highest BCUT2D eigenvalue weighted by atomic mass is 32.2. The molecule has 1 heterocycles. The van der Waals surface area contributed by atoms with E-state index in [1.54, 1.807) is 17.3 Å². The van der Waals surface area contributed by atoms with Gasteiger partial charge in [-0.2, -0.15) is 11.8 Å². The van der Waals surface area contributed by atoms with Gasteiger partial charge in [0.25, 0.3) is 0 Å². The highest BCUT2D eigenvalue weighted by Gasteiger charge is 2.11. The number of rotatable bonds is 5. The molecule has 0 bridgehead atoms. The van der Waals surface area contributed by atoms with Crippen molar-refractivity contribution in [2.75, 3.05) is 11.6 Å². The number of thioether (sulfide) groups is 1. The molecule has 0 aliphatic rings. The minimum atomic E-state index is -0.0459. The maximum Gasteiger partial charge on any atom is 0.237 e. The van der Waals surface area contributed by atoms with E-state index in [1.165, 1.54) is 23.1 Å². The Morgan fingerprint density at radius 2 is 2.11 bits per heavy atom. The fourth-order valence-electron chi connectivity index (χ4n) is 1.27. The second kappa shape index (κ2) is 6.93. The molecular formula is C12H13N3OS3.